The van der Waals surface area contributed by atoms with Crippen molar-refractivity contribution in [3.05, 3.63) is 42.1 Å². The van der Waals surface area contributed by atoms with E-state index in [0.717, 1.165) is 0 Å². The van der Waals surface area contributed by atoms with E-state index in [0.29, 0.717) is 18.0 Å². The van der Waals surface area contributed by atoms with Crippen LogP contribution in [0.2, 0.25) is 0 Å². The van der Waals surface area contributed by atoms with E-state index >= 15 is 0 Å². The highest BCUT2D eigenvalue weighted by atomic mass is 32.2. The quantitative estimate of drug-likeness (QED) is 0.604. The van der Waals surface area contributed by atoms with Crippen LogP contribution in [0.5, 0.6) is 5.88 Å². The summed E-state index contributed by atoms with van der Waals surface area (Å²) in [5.41, 5.74) is 5.59. The number of hydrogen-bond acceptors (Lipinski definition) is 7. The van der Waals surface area contributed by atoms with E-state index < -0.39 is 15.9 Å². The summed E-state index contributed by atoms with van der Waals surface area (Å²) in [6.07, 6.45) is 1.98. The molecule has 0 radical (unpaired) electrons. The highest BCUT2D eigenvalue weighted by Gasteiger charge is 2.11. The van der Waals surface area contributed by atoms with Gasteiger partial charge in [0.25, 0.3) is 5.91 Å². The molecule has 9 nitrogen and oxygen atoms in total. The van der Waals surface area contributed by atoms with Gasteiger partial charge in [0, 0.05) is 23.5 Å². The number of nitrogens with zero attached hydrogens (tertiary/aromatic N) is 2. The van der Waals surface area contributed by atoms with E-state index in [4.69, 9.17) is 4.74 Å². The highest BCUT2D eigenvalue weighted by Crippen LogP contribution is 2.13. The van der Waals surface area contributed by atoms with Crippen molar-refractivity contribution in [1.82, 2.24) is 15.4 Å². The number of nitrogens with one attached hydrogen (secondary N) is 3. The molecule has 3 N–H and O–H groups in total. The first kappa shape index (κ1) is 18.5. The van der Waals surface area contributed by atoms with Gasteiger partial charge in [-0.15, -0.1) is 0 Å². The third kappa shape index (κ3) is 5.60. The number of sulfonamides is 1. The summed E-state index contributed by atoms with van der Waals surface area (Å²) in [4.78, 5) is 20.1. The molecule has 10 heteroatoms. The second kappa shape index (κ2) is 8.29. The lowest BCUT2D eigenvalue weighted by molar-refractivity contribution is 0.0962. The van der Waals surface area contributed by atoms with Crippen LogP contribution in [0.1, 0.15) is 23.7 Å². The largest absolute Gasteiger partial charge is 0.481 e. The number of amides is 1. The molecule has 0 atom stereocenters. The lowest BCUT2D eigenvalue weighted by Crippen LogP contribution is -2.30. The van der Waals surface area contributed by atoms with Crippen LogP contribution in [0, 0.1) is 0 Å². The summed E-state index contributed by atoms with van der Waals surface area (Å²) in [5.74, 6) is 0.0487. The molecule has 2 rings (SSSR count). The van der Waals surface area contributed by atoms with E-state index in [1.54, 1.807) is 31.2 Å². The number of methoxy groups -OCH3 is 1. The van der Waals surface area contributed by atoms with Gasteiger partial charge in [-0.05, 0) is 24.6 Å². The molecule has 0 fully saturated rings. The van der Waals surface area contributed by atoms with Gasteiger partial charge in [-0.3, -0.25) is 20.4 Å². The zero-order valence-electron chi connectivity index (χ0n) is 13.8. The number of aromatic nitrogens is 2. The zero-order chi connectivity index (χ0) is 18.3. The minimum absolute atomic E-state index is 0.0121. The number of anilines is 2. The third-order valence-corrected chi connectivity index (χ3v) is 4.49. The molecular formula is C15H19N5O4S. The fourth-order valence-electron chi connectivity index (χ4n) is 1.92. The molecule has 134 valence electrons. The van der Waals surface area contributed by atoms with Crippen molar-refractivity contribution in [3.8, 4) is 5.88 Å². The lowest BCUT2D eigenvalue weighted by atomic mass is 10.2. The Morgan fingerprint density at radius 1 is 1.28 bits per heavy atom. The van der Waals surface area contributed by atoms with Crippen LogP contribution in [0.25, 0.3) is 0 Å². The molecule has 1 heterocycles. The van der Waals surface area contributed by atoms with Gasteiger partial charge >= 0.3 is 0 Å². The van der Waals surface area contributed by atoms with Gasteiger partial charge in [0.15, 0.2) is 0 Å². The Balaban J connectivity index is 2.03. The number of carbonyl (C=O) groups is 1. The van der Waals surface area contributed by atoms with Crippen LogP contribution in [0.15, 0.2) is 36.5 Å². The summed E-state index contributed by atoms with van der Waals surface area (Å²) in [6, 6.07) is 7.72. The number of hydrazine groups is 1. The van der Waals surface area contributed by atoms with Crippen LogP contribution in [0.4, 0.5) is 11.6 Å². The molecule has 0 unspecified atom stereocenters. The molecular weight excluding hydrogens is 346 g/mol. The summed E-state index contributed by atoms with van der Waals surface area (Å²) in [5, 5.41) is 0. The summed E-state index contributed by atoms with van der Waals surface area (Å²) in [7, 11) is -1.95. The number of carbonyl (C=O) groups excluding carboxylic acids is 1. The van der Waals surface area contributed by atoms with E-state index in [9.17, 15) is 13.2 Å². The third-order valence-electron chi connectivity index (χ3n) is 3.00. The van der Waals surface area contributed by atoms with Crippen molar-refractivity contribution in [2.45, 2.75) is 13.3 Å². The molecule has 1 aromatic carbocycles. The Kier molecular flexibility index (Phi) is 6.12. The maximum Gasteiger partial charge on any atom is 0.269 e. The Hall–Kier alpha value is -2.88. The van der Waals surface area contributed by atoms with E-state index in [1.165, 1.54) is 19.4 Å². The smallest absolute Gasteiger partial charge is 0.269 e. The molecule has 1 amide bonds. The number of rotatable bonds is 8. The van der Waals surface area contributed by atoms with Gasteiger partial charge in [0.05, 0.1) is 12.9 Å². The van der Waals surface area contributed by atoms with Crippen molar-refractivity contribution < 1.29 is 17.9 Å². The van der Waals surface area contributed by atoms with Crippen LogP contribution in [0.3, 0.4) is 0 Å². The summed E-state index contributed by atoms with van der Waals surface area (Å²) >= 11 is 0. The minimum Gasteiger partial charge on any atom is -0.481 e. The molecule has 0 aliphatic rings. The van der Waals surface area contributed by atoms with Gasteiger partial charge in [0.1, 0.15) is 0 Å². The highest BCUT2D eigenvalue weighted by molar-refractivity contribution is 7.92. The number of benzene rings is 1. The topological polar surface area (TPSA) is 122 Å². The number of ether oxygens (including phenoxy) is 1. The average molecular weight is 365 g/mol. The Morgan fingerprint density at radius 3 is 2.80 bits per heavy atom. The molecule has 25 heavy (non-hydrogen) atoms. The van der Waals surface area contributed by atoms with Gasteiger partial charge in [0.2, 0.25) is 21.9 Å². The second-order valence-corrected chi connectivity index (χ2v) is 6.85. The molecule has 1 aromatic heterocycles. The summed E-state index contributed by atoms with van der Waals surface area (Å²) < 4.78 is 31.0. The fraction of sp³-hybridized carbons (Fsp3) is 0.267. The van der Waals surface area contributed by atoms with Crippen LogP contribution < -0.4 is 20.3 Å². The lowest BCUT2D eigenvalue weighted by Gasteiger charge is -2.10. The van der Waals surface area contributed by atoms with Crippen LogP contribution in [-0.4, -0.2) is 37.2 Å². The molecule has 0 aliphatic carbocycles. The van der Waals surface area contributed by atoms with Crippen molar-refractivity contribution in [2.24, 2.45) is 0 Å². The predicted molar refractivity (Wildman–Crippen MR) is 93.8 cm³/mol. The maximum atomic E-state index is 12.2. The van der Waals surface area contributed by atoms with Crippen molar-refractivity contribution in [1.29, 1.82) is 0 Å². The standard InChI is InChI=1S/C15H19N5O4S/c1-3-9-25(22,23)20-12-6-4-5-11(10-12)14(21)18-19-15-16-8-7-13(17-15)24-2/h4-8,10,20H,3,9H2,1-2H3,(H,18,21)(H,16,17,19). The zero-order valence-corrected chi connectivity index (χ0v) is 14.6. The molecule has 0 bridgehead atoms. The fourth-order valence-corrected chi connectivity index (χ4v) is 3.05. The molecule has 0 aliphatic heterocycles. The Morgan fingerprint density at radius 2 is 2.08 bits per heavy atom. The van der Waals surface area contributed by atoms with Crippen molar-refractivity contribution in [2.75, 3.05) is 23.0 Å². The first-order valence-electron chi connectivity index (χ1n) is 7.47. The van der Waals surface area contributed by atoms with E-state index in [2.05, 4.69) is 25.5 Å². The van der Waals surface area contributed by atoms with Crippen LogP contribution >= 0.6 is 0 Å². The monoisotopic (exact) mass is 365 g/mol. The SMILES string of the molecule is CCCS(=O)(=O)Nc1cccc(C(=O)NNc2nccc(OC)n2)c1. The van der Waals surface area contributed by atoms with Gasteiger partial charge in [-0.25, -0.2) is 13.4 Å². The maximum absolute atomic E-state index is 12.2. The Bertz CT molecular complexity index is 841. The molecule has 0 spiro atoms. The predicted octanol–water partition coefficient (Wildman–Crippen LogP) is 1.39. The van der Waals surface area contributed by atoms with E-state index in [1.807, 2.05) is 0 Å². The number of hydrogen-bond donors (Lipinski definition) is 3. The first-order chi connectivity index (χ1) is 11.9. The van der Waals surface area contributed by atoms with Crippen molar-refractivity contribution >= 4 is 27.6 Å². The molecule has 0 saturated carbocycles. The minimum atomic E-state index is -3.42. The van der Waals surface area contributed by atoms with Gasteiger partial charge < -0.3 is 4.74 Å². The van der Waals surface area contributed by atoms with Gasteiger partial charge in [-0.1, -0.05) is 13.0 Å². The van der Waals surface area contributed by atoms with Gasteiger partial charge in [-0.2, -0.15) is 4.98 Å². The molecule has 0 saturated heterocycles. The second-order valence-electron chi connectivity index (χ2n) is 5.00. The van der Waals surface area contributed by atoms with E-state index in [-0.39, 0.29) is 17.3 Å². The Labute approximate surface area is 145 Å². The summed E-state index contributed by atoms with van der Waals surface area (Å²) in [6.45, 7) is 1.77. The first-order valence-corrected chi connectivity index (χ1v) is 9.12. The van der Waals surface area contributed by atoms with Crippen molar-refractivity contribution in [3.63, 3.8) is 0 Å². The van der Waals surface area contributed by atoms with Crippen LogP contribution in [-0.2, 0) is 10.0 Å². The molecule has 2 aromatic rings. The average Bonchev–Trinajstić information content (AvgIpc) is 2.59. The normalized spacial score (nSPS) is 10.8.